The maximum Gasteiger partial charge on any atom is 0.260 e. The van der Waals surface area contributed by atoms with Gasteiger partial charge in [0.2, 0.25) is 5.88 Å². The highest BCUT2D eigenvalue weighted by Crippen LogP contribution is 2.19. The van der Waals surface area contributed by atoms with Crippen molar-refractivity contribution in [3.05, 3.63) is 77.7 Å². The lowest BCUT2D eigenvalue weighted by molar-refractivity contribution is -0.133. The van der Waals surface area contributed by atoms with E-state index >= 15 is 0 Å². The van der Waals surface area contributed by atoms with E-state index in [9.17, 15) is 9.18 Å². The second kappa shape index (κ2) is 9.08. The second-order valence-electron chi connectivity index (χ2n) is 6.36. The van der Waals surface area contributed by atoms with Crippen LogP contribution in [0.25, 0.3) is 11.4 Å². The monoisotopic (exact) mass is 379 g/mol. The van der Waals surface area contributed by atoms with Crippen molar-refractivity contribution in [2.24, 2.45) is 0 Å². The summed E-state index contributed by atoms with van der Waals surface area (Å²) in [5, 5.41) is 0. The SMILES string of the molecule is CCN(Cc1ccccc1)C(=O)COc1cc(C)nc(-c2ccc(F)cc2)n1. The van der Waals surface area contributed by atoms with Crippen LogP contribution in [0.15, 0.2) is 60.7 Å². The van der Waals surface area contributed by atoms with Gasteiger partial charge in [-0.25, -0.2) is 9.37 Å². The predicted molar refractivity (Wildman–Crippen MR) is 105 cm³/mol. The van der Waals surface area contributed by atoms with Gasteiger partial charge >= 0.3 is 0 Å². The Morgan fingerprint density at radius 2 is 1.79 bits per heavy atom. The molecular weight excluding hydrogens is 357 g/mol. The Bertz CT molecular complexity index is 930. The van der Waals surface area contributed by atoms with E-state index in [0.717, 1.165) is 5.56 Å². The molecule has 0 fully saturated rings. The van der Waals surface area contributed by atoms with Crippen molar-refractivity contribution in [2.45, 2.75) is 20.4 Å². The van der Waals surface area contributed by atoms with E-state index in [2.05, 4.69) is 9.97 Å². The van der Waals surface area contributed by atoms with Gasteiger partial charge in [-0.3, -0.25) is 4.79 Å². The lowest BCUT2D eigenvalue weighted by Crippen LogP contribution is -2.34. The number of carbonyl (C=O) groups excluding carboxylic acids is 1. The van der Waals surface area contributed by atoms with Gasteiger partial charge in [-0.2, -0.15) is 4.98 Å². The van der Waals surface area contributed by atoms with Crippen LogP contribution in [0.1, 0.15) is 18.2 Å². The van der Waals surface area contributed by atoms with E-state index in [-0.39, 0.29) is 18.3 Å². The van der Waals surface area contributed by atoms with Crippen LogP contribution < -0.4 is 4.74 Å². The molecule has 0 aliphatic carbocycles. The molecule has 3 aromatic rings. The highest BCUT2D eigenvalue weighted by atomic mass is 19.1. The summed E-state index contributed by atoms with van der Waals surface area (Å²) < 4.78 is 18.8. The van der Waals surface area contributed by atoms with Gasteiger partial charge in [0.05, 0.1) is 0 Å². The summed E-state index contributed by atoms with van der Waals surface area (Å²) in [4.78, 5) is 23.0. The number of ether oxygens (including phenoxy) is 1. The number of rotatable bonds is 7. The fourth-order valence-electron chi connectivity index (χ4n) is 2.75. The summed E-state index contributed by atoms with van der Waals surface area (Å²) >= 11 is 0. The van der Waals surface area contributed by atoms with Crippen molar-refractivity contribution >= 4 is 5.91 Å². The normalized spacial score (nSPS) is 10.5. The first-order valence-corrected chi connectivity index (χ1v) is 9.11. The Morgan fingerprint density at radius 3 is 2.46 bits per heavy atom. The highest BCUT2D eigenvalue weighted by molar-refractivity contribution is 5.77. The maximum absolute atomic E-state index is 13.1. The Balaban J connectivity index is 1.67. The topological polar surface area (TPSA) is 55.3 Å². The van der Waals surface area contributed by atoms with Crippen molar-refractivity contribution in [1.82, 2.24) is 14.9 Å². The minimum atomic E-state index is -0.323. The van der Waals surface area contributed by atoms with Gasteiger partial charge in [-0.1, -0.05) is 30.3 Å². The lowest BCUT2D eigenvalue weighted by atomic mass is 10.2. The highest BCUT2D eigenvalue weighted by Gasteiger charge is 2.14. The van der Waals surface area contributed by atoms with Crippen LogP contribution in [-0.4, -0.2) is 33.9 Å². The Labute approximate surface area is 163 Å². The summed E-state index contributed by atoms with van der Waals surface area (Å²) in [5.74, 6) is 0.303. The van der Waals surface area contributed by atoms with Gasteiger partial charge in [-0.15, -0.1) is 0 Å². The molecule has 0 radical (unpaired) electrons. The zero-order valence-corrected chi connectivity index (χ0v) is 15.9. The average molecular weight is 379 g/mol. The van der Waals surface area contributed by atoms with E-state index in [1.54, 1.807) is 23.1 Å². The number of hydrogen-bond donors (Lipinski definition) is 0. The Morgan fingerprint density at radius 1 is 1.07 bits per heavy atom. The number of carbonyl (C=O) groups is 1. The van der Waals surface area contributed by atoms with Crippen molar-refractivity contribution in [3.8, 4) is 17.3 Å². The van der Waals surface area contributed by atoms with E-state index < -0.39 is 0 Å². The maximum atomic E-state index is 13.1. The van der Waals surface area contributed by atoms with Gasteiger partial charge in [0, 0.05) is 30.4 Å². The molecule has 0 bridgehead atoms. The largest absolute Gasteiger partial charge is 0.467 e. The molecule has 2 aromatic carbocycles. The van der Waals surface area contributed by atoms with Crippen LogP contribution in [0.5, 0.6) is 5.88 Å². The molecule has 5 nitrogen and oxygen atoms in total. The third-order valence-corrected chi connectivity index (χ3v) is 4.23. The van der Waals surface area contributed by atoms with Gasteiger partial charge < -0.3 is 9.64 Å². The van der Waals surface area contributed by atoms with Crippen LogP contribution >= 0.6 is 0 Å². The molecule has 144 valence electrons. The fourth-order valence-corrected chi connectivity index (χ4v) is 2.75. The minimum absolute atomic E-state index is 0.111. The molecule has 3 rings (SSSR count). The van der Waals surface area contributed by atoms with Crippen LogP contribution in [0.4, 0.5) is 4.39 Å². The average Bonchev–Trinajstić information content (AvgIpc) is 2.71. The molecule has 0 unspecified atom stereocenters. The predicted octanol–water partition coefficient (Wildman–Crippen LogP) is 4.02. The smallest absolute Gasteiger partial charge is 0.260 e. The summed E-state index contributed by atoms with van der Waals surface area (Å²) in [6.07, 6.45) is 0. The van der Waals surface area contributed by atoms with Gasteiger partial charge in [0.25, 0.3) is 5.91 Å². The first-order chi connectivity index (χ1) is 13.5. The van der Waals surface area contributed by atoms with E-state index in [4.69, 9.17) is 4.74 Å². The third kappa shape index (κ3) is 5.13. The summed E-state index contributed by atoms with van der Waals surface area (Å²) in [5.41, 5.74) is 2.45. The van der Waals surface area contributed by atoms with Crippen LogP contribution in [0, 0.1) is 12.7 Å². The molecule has 0 saturated heterocycles. The first kappa shape index (κ1) is 19.5. The number of amides is 1. The van der Waals surface area contributed by atoms with Crippen molar-refractivity contribution in [1.29, 1.82) is 0 Å². The number of halogens is 1. The summed E-state index contributed by atoms with van der Waals surface area (Å²) in [6, 6.07) is 17.4. The zero-order valence-electron chi connectivity index (χ0n) is 15.9. The lowest BCUT2D eigenvalue weighted by Gasteiger charge is -2.21. The number of aromatic nitrogens is 2. The molecule has 0 saturated carbocycles. The summed E-state index contributed by atoms with van der Waals surface area (Å²) in [6.45, 7) is 4.75. The van der Waals surface area contributed by atoms with Crippen molar-refractivity contribution in [2.75, 3.05) is 13.2 Å². The van der Waals surface area contributed by atoms with Gasteiger partial charge in [0.15, 0.2) is 12.4 Å². The zero-order chi connectivity index (χ0) is 19.9. The van der Waals surface area contributed by atoms with Crippen LogP contribution in [0.2, 0.25) is 0 Å². The number of benzene rings is 2. The molecule has 0 aliphatic heterocycles. The van der Waals surface area contributed by atoms with Crippen LogP contribution in [-0.2, 0) is 11.3 Å². The molecule has 0 N–H and O–H groups in total. The number of aryl methyl sites for hydroxylation is 1. The number of hydrogen-bond acceptors (Lipinski definition) is 4. The molecule has 1 aromatic heterocycles. The number of likely N-dealkylation sites (N-methyl/N-ethyl adjacent to an activating group) is 1. The minimum Gasteiger partial charge on any atom is -0.467 e. The molecule has 6 heteroatoms. The Kier molecular flexibility index (Phi) is 6.32. The Hall–Kier alpha value is -3.28. The van der Waals surface area contributed by atoms with E-state index in [1.807, 2.05) is 44.2 Å². The van der Waals surface area contributed by atoms with Crippen molar-refractivity contribution < 1.29 is 13.9 Å². The molecule has 0 atom stereocenters. The quantitative estimate of drug-likeness (QED) is 0.622. The molecule has 1 amide bonds. The molecule has 28 heavy (non-hydrogen) atoms. The van der Waals surface area contributed by atoms with Gasteiger partial charge in [0.1, 0.15) is 5.82 Å². The van der Waals surface area contributed by atoms with Crippen LogP contribution in [0.3, 0.4) is 0 Å². The molecule has 0 aliphatic rings. The number of nitrogens with zero attached hydrogens (tertiary/aromatic N) is 3. The fraction of sp³-hybridized carbons (Fsp3) is 0.227. The van der Waals surface area contributed by atoms with E-state index in [0.29, 0.717) is 36.1 Å². The molecule has 1 heterocycles. The molecular formula is C22H22FN3O2. The van der Waals surface area contributed by atoms with Gasteiger partial charge in [-0.05, 0) is 43.7 Å². The third-order valence-electron chi connectivity index (χ3n) is 4.23. The standard InChI is InChI=1S/C22H22FN3O2/c1-3-26(14-17-7-5-4-6-8-17)21(27)15-28-20-13-16(2)24-22(25-20)18-9-11-19(23)12-10-18/h4-13H,3,14-15H2,1-2H3. The second-order valence-corrected chi connectivity index (χ2v) is 6.36. The van der Waals surface area contributed by atoms with Crippen molar-refractivity contribution in [3.63, 3.8) is 0 Å². The summed E-state index contributed by atoms with van der Waals surface area (Å²) in [7, 11) is 0. The first-order valence-electron chi connectivity index (χ1n) is 9.11. The molecule has 0 spiro atoms. The van der Waals surface area contributed by atoms with E-state index in [1.165, 1.54) is 12.1 Å².